The molecule has 5 heteroatoms. The normalized spacial score (nSPS) is 21.0. The molecule has 136 valence electrons. The minimum atomic E-state index is 0.445. The lowest BCUT2D eigenvalue weighted by Gasteiger charge is -2.23. The second-order valence-corrected chi connectivity index (χ2v) is 7.59. The van der Waals surface area contributed by atoms with E-state index in [4.69, 9.17) is 10.1 Å². The molecule has 0 bridgehead atoms. The first-order valence-electron chi connectivity index (χ1n) is 10.1. The number of hydrogen-bond acceptors (Lipinski definition) is 3. The van der Waals surface area contributed by atoms with Crippen molar-refractivity contribution in [1.82, 2.24) is 24.6 Å². The van der Waals surface area contributed by atoms with E-state index in [1.54, 1.807) is 0 Å². The third kappa shape index (κ3) is 3.03. The minimum absolute atomic E-state index is 0.445. The Bertz CT molecular complexity index is 718. The second-order valence-electron chi connectivity index (χ2n) is 7.59. The molecule has 1 N–H and O–H groups in total. The second kappa shape index (κ2) is 6.94. The number of aromatic amines is 1. The molecule has 1 aliphatic heterocycles. The summed E-state index contributed by atoms with van der Waals surface area (Å²) in [4.78, 5) is 11.3. The van der Waals surface area contributed by atoms with Crippen molar-refractivity contribution in [3.63, 3.8) is 0 Å². The van der Waals surface area contributed by atoms with Gasteiger partial charge in [0.1, 0.15) is 5.82 Å². The molecule has 25 heavy (non-hydrogen) atoms. The molecule has 4 rings (SSSR count). The van der Waals surface area contributed by atoms with E-state index in [0.717, 1.165) is 32.4 Å². The lowest BCUT2D eigenvalue weighted by Crippen LogP contribution is -2.24. The summed E-state index contributed by atoms with van der Waals surface area (Å²) >= 11 is 0. The first kappa shape index (κ1) is 16.8. The van der Waals surface area contributed by atoms with Crippen molar-refractivity contribution in [3.05, 3.63) is 34.2 Å². The molecule has 0 unspecified atom stereocenters. The van der Waals surface area contributed by atoms with Crippen LogP contribution in [0.5, 0.6) is 0 Å². The average Bonchev–Trinajstić information content (AvgIpc) is 3.31. The highest BCUT2D eigenvalue weighted by molar-refractivity contribution is 5.27. The van der Waals surface area contributed by atoms with E-state index in [9.17, 15) is 0 Å². The number of fused-ring (bicyclic) bond motifs is 1. The summed E-state index contributed by atoms with van der Waals surface area (Å²) in [5.41, 5.74) is 6.84. The Labute approximate surface area is 150 Å². The van der Waals surface area contributed by atoms with E-state index >= 15 is 0 Å². The third-order valence-corrected chi connectivity index (χ3v) is 6.04. The van der Waals surface area contributed by atoms with Crippen LogP contribution in [-0.4, -0.2) is 31.2 Å². The summed E-state index contributed by atoms with van der Waals surface area (Å²) < 4.78 is 2.09. The monoisotopic (exact) mass is 341 g/mol. The van der Waals surface area contributed by atoms with Gasteiger partial charge in [0.25, 0.3) is 0 Å². The van der Waals surface area contributed by atoms with Gasteiger partial charge in [0, 0.05) is 30.5 Å². The van der Waals surface area contributed by atoms with Crippen molar-refractivity contribution < 1.29 is 0 Å². The van der Waals surface area contributed by atoms with Crippen molar-refractivity contribution in [1.29, 1.82) is 0 Å². The van der Waals surface area contributed by atoms with Gasteiger partial charge >= 0.3 is 0 Å². The Kier molecular flexibility index (Phi) is 4.67. The van der Waals surface area contributed by atoms with Gasteiger partial charge in [0.15, 0.2) is 0 Å². The van der Waals surface area contributed by atoms with Gasteiger partial charge in [-0.1, -0.05) is 13.8 Å². The number of rotatable bonds is 5. The van der Waals surface area contributed by atoms with Crippen LogP contribution in [0.3, 0.4) is 0 Å². The summed E-state index contributed by atoms with van der Waals surface area (Å²) in [7, 11) is 2.09. The number of hydrogen-bond donors (Lipinski definition) is 1. The molecule has 5 nitrogen and oxygen atoms in total. The average molecular weight is 342 g/mol. The zero-order valence-corrected chi connectivity index (χ0v) is 15.9. The predicted molar refractivity (Wildman–Crippen MR) is 99.6 cm³/mol. The summed E-state index contributed by atoms with van der Waals surface area (Å²) in [6, 6.07) is 0.445. The van der Waals surface area contributed by atoms with Crippen molar-refractivity contribution in [2.75, 3.05) is 6.54 Å². The van der Waals surface area contributed by atoms with Crippen molar-refractivity contribution in [3.8, 4) is 0 Å². The lowest BCUT2D eigenvalue weighted by molar-refractivity contribution is 0.239. The molecule has 0 saturated carbocycles. The van der Waals surface area contributed by atoms with Gasteiger partial charge in [-0.3, -0.25) is 9.58 Å². The molecule has 2 aliphatic rings. The molecule has 0 amide bonds. The molecule has 1 fully saturated rings. The molecule has 2 aromatic rings. The fraction of sp³-hybridized carbons (Fsp3) is 0.700. The third-order valence-electron chi connectivity index (χ3n) is 6.04. The van der Waals surface area contributed by atoms with Crippen LogP contribution >= 0.6 is 0 Å². The number of H-pyrrole nitrogens is 1. The number of nitrogens with zero attached hydrogens (tertiary/aromatic N) is 4. The van der Waals surface area contributed by atoms with Crippen LogP contribution in [0.2, 0.25) is 0 Å². The van der Waals surface area contributed by atoms with Gasteiger partial charge in [0.2, 0.25) is 0 Å². The van der Waals surface area contributed by atoms with E-state index < -0.39 is 0 Å². The fourth-order valence-electron chi connectivity index (χ4n) is 4.73. The van der Waals surface area contributed by atoms with Crippen molar-refractivity contribution >= 4 is 0 Å². The summed E-state index contributed by atoms with van der Waals surface area (Å²) in [5, 5.41) is 4.76. The van der Waals surface area contributed by atoms with Crippen LogP contribution in [0.4, 0.5) is 0 Å². The molecular weight excluding hydrogens is 310 g/mol. The highest BCUT2D eigenvalue weighted by atomic mass is 15.3. The van der Waals surface area contributed by atoms with Crippen LogP contribution < -0.4 is 0 Å². The van der Waals surface area contributed by atoms with Crippen molar-refractivity contribution in [2.24, 2.45) is 7.05 Å². The number of likely N-dealkylation sites (tertiary alicyclic amines) is 1. The van der Waals surface area contributed by atoms with Crippen LogP contribution in [0, 0.1) is 0 Å². The Morgan fingerprint density at radius 1 is 1.12 bits per heavy atom. The zero-order chi connectivity index (χ0) is 17.4. The molecule has 2 aromatic heterocycles. The molecule has 0 aromatic carbocycles. The number of imidazole rings is 1. The highest BCUT2D eigenvalue weighted by Crippen LogP contribution is 2.34. The summed E-state index contributed by atoms with van der Waals surface area (Å²) in [5.74, 6) is 1.21. The number of aromatic nitrogens is 4. The van der Waals surface area contributed by atoms with Crippen LogP contribution in [-0.2, 0) is 39.3 Å². The fourth-order valence-corrected chi connectivity index (χ4v) is 4.73. The predicted octanol–water partition coefficient (Wildman–Crippen LogP) is 3.48. The summed E-state index contributed by atoms with van der Waals surface area (Å²) in [6.45, 7) is 6.63. The highest BCUT2D eigenvalue weighted by Gasteiger charge is 2.31. The summed E-state index contributed by atoms with van der Waals surface area (Å²) in [6.07, 6.45) is 9.47. The van der Waals surface area contributed by atoms with Gasteiger partial charge in [-0.25, -0.2) is 4.98 Å². The molecule has 1 atom stereocenters. The smallest absolute Gasteiger partial charge is 0.124 e. The largest absolute Gasteiger partial charge is 0.344 e. The first-order valence-corrected chi connectivity index (χ1v) is 10.1. The SMILES string of the molecule is CCc1nn(C)c(CC)c1CN1CCC[C@H]1c1nc2c([nH]1)CCCC2. The van der Waals surface area contributed by atoms with Gasteiger partial charge in [0.05, 0.1) is 17.4 Å². The topological polar surface area (TPSA) is 49.7 Å². The Hall–Kier alpha value is -1.62. The molecule has 0 spiro atoms. The Morgan fingerprint density at radius 2 is 1.96 bits per heavy atom. The zero-order valence-electron chi connectivity index (χ0n) is 15.9. The quantitative estimate of drug-likeness (QED) is 0.906. The van der Waals surface area contributed by atoms with Crippen LogP contribution in [0.15, 0.2) is 0 Å². The lowest BCUT2D eigenvalue weighted by atomic mass is 10.0. The number of aryl methyl sites for hydroxylation is 4. The molecule has 1 saturated heterocycles. The maximum absolute atomic E-state index is 5.00. The maximum Gasteiger partial charge on any atom is 0.124 e. The van der Waals surface area contributed by atoms with Crippen LogP contribution in [0.25, 0.3) is 0 Å². The van der Waals surface area contributed by atoms with E-state index in [-0.39, 0.29) is 0 Å². The van der Waals surface area contributed by atoms with Gasteiger partial charge in [-0.2, -0.15) is 5.10 Å². The maximum atomic E-state index is 5.00. The number of nitrogens with one attached hydrogen (secondary N) is 1. The standard InChI is InChI=1S/C20H31N5/c1-4-15-14(18(5-2)24(3)23-15)13-25-12-8-11-19(25)20-21-16-9-6-7-10-17(16)22-20/h19H,4-13H2,1-3H3,(H,21,22)/t19-/m0/s1. The van der Waals surface area contributed by atoms with E-state index in [1.807, 2.05) is 0 Å². The molecule has 0 radical (unpaired) electrons. The van der Waals surface area contributed by atoms with Gasteiger partial charge in [-0.15, -0.1) is 0 Å². The molecular formula is C20H31N5. The van der Waals surface area contributed by atoms with Crippen molar-refractivity contribution in [2.45, 2.75) is 77.8 Å². The van der Waals surface area contributed by atoms with Gasteiger partial charge < -0.3 is 4.98 Å². The molecule has 3 heterocycles. The first-order chi connectivity index (χ1) is 12.2. The van der Waals surface area contributed by atoms with E-state index in [0.29, 0.717) is 6.04 Å². The van der Waals surface area contributed by atoms with Crippen LogP contribution in [0.1, 0.15) is 79.7 Å². The van der Waals surface area contributed by atoms with E-state index in [1.165, 1.54) is 66.3 Å². The molecule has 1 aliphatic carbocycles. The Morgan fingerprint density at radius 3 is 2.72 bits per heavy atom. The van der Waals surface area contributed by atoms with Gasteiger partial charge in [-0.05, 0) is 57.9 Å². The Balaban J connectivity index is 1.59. The van der Waals surface area contributed by atoms with E-state index in [2.05, 4.69) is 35.5 Å². The minimum Gasteiger partial charge on any atom is -0.344 e.